The minimum absolute atomic E-state index is 0.214. The molecule has 0 bridgehead atoms. The molecule has 2 aromatic rings. The molecule has 1 amide bonds. The fourth-order valence-corrected chi connectivity index (χ4v) is 2.99. The molecule has 20 heavy (non-hydrogen) atoms. The number of amides is 1. The van der Waals surface area contributed by atoms with Gasteiger partial charge in [-0.2, -0.15) is 0 Å². The van der Waals surface area contributed by atoms with Crippen molar-refractivity contribution in [1.29, 1.82) is 0 Å². The van der Waals surface area contributed by atoms with Crippen molar-refractivity contribution >= 4 is 29.3 Å². The molecule has 1 aliphatic heterocycles. The number of aryl methyl sites for hydroxylation is 2. The highest BCUT2D eigenvalue weighted by Gasteiger charge is 2.18. The summed E-state index contributed by atoms with van der Waals surface area (Å²) in [5.74, 6) is 0.214. The average molecular weight is 290 g/mol. The van der Waals surface area contributed by atoms with Crippen molar-refractivity contribution in [1.82, 2.24) is 19.4 Å². The molecule has 0 radical (unpaired) electrons. The quantitative estimate of drug-likeness (QED) is 0.883. The number of carbonyl (C=O) groups is 1. The number of imidazole rings is 1. The number of hydrogen-bond donors (Lipinski definition) is 1. The van der Waals surface area contributed by atoms with Crippen LogP contribution in [0.25, 0.3) is 11.2 Å². The van der Waals surface area contributed by atoms with Gasteiger partial charge in [0.2, 0.25) is 5.91 Å². The van der Waals surface area contributed by atoms with Crippen LogP contribution in [0.1, 0.15) is 24.8 Å². The summed E-state index contributed by atoms with van der Waals surface area (Å²) in [6, 6.07) is 1.95. The number of likely N-dealkylation sites (tertiary alicyclic amines) is 1. The summed E-state index contributed by atoms with van der Waals surface area (Å²) < 4.78 is 2.56. The van der Waals surface area contributed by atoms with Crippen molar-refractivity contribution in [3.05, 3.63) is 22.6 Å². The normalized spacial score (nSPS) is 15.2. The molecule has 0 saturated carbocycles. The number of aromatic amines is 1. The average Bonchev–Trinajstić information content (AvgIpc) is 3.05. The maximum absolute atomic E-state index is 12.1. The van der Waals surface area contributed by atoms with E-state index in [1.54, 1.807) is 6.20 Å². The van der Waals surface area contributed by atoms with Crippen LogP contribution in [-0.2, 0) is 11.3 Å². The van der Waals surface area contributed by atoms with Gasteiger partial charge in [-0.05, 0) is 43.6 Å². The fourth-order valence-electron chi connectivity index (χ4n) is 2.71. The lowest BCUT2D eigenvalue weighted by Crippen LogP contribution is -2.28. The molecule has 1 aliphatic rings. The molecule has 1 fully saturated rings. The Morgan fingerprint density at radius 3 is 2.95 bits per heavy atom. The van der Waals surface area contributed by atoms with Crippen LogP contribution in [0.15, 0.2) is 12.3 Å². The first-order valence-corrected chi connectivity index (χ1v) is 7.39. The van der Waals surface area contributed by atoms with E-state index in [0.29, 0.717) is 17.7 Å². The van der Waals surface area contributed by atoms with Gasteiger partial charge in [0.25, 0.3) is 0 Å². The second-order valence-corrected chi connectivity index (χ2v) is 5.63. The van der Waals surface area contributed by atoms with E-state index in [4.69, 9.17) is 12.2 Å². The fraction of sp³-hybridized carbons (Fsp3) is 0.500. The molecule has 3 rings (SSSR count). The van der Waals surface area contributed by atoms with E-state index in [-0.39, 0.29) is 5.91 Å². The van der Waals surface area contributed by atoms with Gasteiger partial charge in [0.1, 0.15) is 0 Å². The third-order valence-electron chi connectivity index (χ3n) is 3.88. The summed E-state index contributed by atoms with van der Waals surface area (Å²) in [4.78, 5) is 21.6. The number of hydrogen-bond acceptors (Lipinski definition) is 3. The largest absolute Gasteiger partial charge is 0.343 e. The molecule has 3 heterocycles. The Morgan fingerprint density at radius 2 is 2.20 bits per heavy atom. The number of aromatic nitrogens is 3. The van der Waals surface area contributed by atoms with Crippen LogP contribution in [0, 0.1) is 11.7 Å². The Balaban J connectivity index is 1.80. The zero-order valence-corrected chi connectivity index (χ0v) is 12.4. The summed E-state index contributed by atoms with van der Waals surface area (Å²) in [5, 5.41) is 0. The Bertz CT molecular complexity index is 697. The molecule has 0 atom stereocenters. The van der Waals surface area contributed by atoms with Gasteiger partial charge in [-0.1, -0.05) is 0 Å². The van der Waals surface area contributed by atoms with Gasteiger partial charge in [-0.25, -0.2) is 4.98 Å². The Labute approximate surface area is 122 Å². The minimum Gasteiger partial charge on any atom is -0.343 e. The molecule has 106 valence electrons. The molecular weight excluding hydrogens is 272 g/mol. The Hall–Kier alpha value is -1.69. The predicted molar refractivity (Wildman–Crippen MR) is 80.1 cm³/mol. The van der Waals surface area contributed by atoms with Crippen molar-refractivity contribution in [2.45, 2.75) is 32.7 Å². The number of H-pyrrole nitrogens is 1. The lowest BCUT2D eigenvalue weighted by molar-refractivity contribution is -0.130. The van der Waals surface area contributed by atoms with Crippen molar-refractivity contribution in [3.63, 3.8) is 0 Å². The summed E-state index contributed by atoms with van der Waals surface area (Å²) >= 11 is 5.34. The van der Waals surface area contributed by atoms with Gasteiger partial charge in [-0.15, -0.1) is 0 Å². The second kappa shape index (κ2) is 5.36. The van der Waals surface area contributed by atoms with Crippen LogP contribution in [0.4, 0.5) is 0 Å². The SMILES string of the molecule is Cc1ccnc2c1[nH]c(=S)n2CCC(=O)N1CCCC1. The predicted octanol–water partition coefficient (Wildman–Crippen LogP) is 2.41. The van der Waals surface area contributed by atoms with Gasteiger partial charge in [0.15, 0.2) is 10.4 Å². The smallest absolute Gasteiger partial charge is 0.224 e. The zero-order valence-electron chi connectivity index (χ0n) is 11.6. The molecule has 0 aliphatic carbocycles. The highest BCUT2D eigenvalue weighted by Crippen LogP contribution is 2.16. The number of pyridine rings is 1. The topological polar surface area (TPSA) is 53.9 Å². The van der Waals surface area contributed by atoms with Crippen LogP contribution in [0.2, 0.25) is 0 Å². The van der Waals surface area contributed by atoms with Crippen molar-refractivity contribution in [2.24, 2.45) is 0 Å². The first kappa shape index (κ1) is 13.3. The van der Waals surface area contributed by atoms with E-state index in [0.717, 1.165) is 42.7 Å². The number of nitrogens with zero attached hydrogens (tertiary/aromatic N) is 3. The van der Waals surface area contributed by atoms with E-state index in [1.807, 2.05) is 22.5 Å². The highest BCUT2D eigenvalue weighted by molar-refractivity contribution is 7.71. The Morgan fingerprint density at radius 1 is 1.45 bits per heavy atom. The van der Waals surface area contributed by atoms with E-state index >= 15 is 0 Å². The number of nitrogens with one attached hydrogen (secondary N) is 1. The van der Waals surface area contributed by atoms with Gasteiger partial charge in [0.05, 0.1) is 5.52 Å². The minimum atomic E-state index is 0.214. The first-order valence-electron chi connectivity index (χ1n) is 6.99. The monoisotopic (exact) mass is 290 g/mol. The van der Waals surface area contributed by atoms with Crippen molar-refractivity contribution in [3.8, 4) is 0 Å². The maximum Gasteiger partial charge on any atom is 0.224 e. The molecule has 0 unspecified atom stereocenters. The third kappa shape index (κ3) is 2.35. The number of fused-ring (bicyclic) bond motifs is 1. The van der Waals surface area contributed by atoms with E-state index in [9.17, 15) is 4.79 Å². The van der Waals surface area contributed by atoms with Crippen LogP contribution < -0.4 is 0 Å². The molecule has 0 spiro atoms. The zero-order chi connectivity index (χ0) is 14.1. The lowest BCUT2D eigenvalue weighted by atomic mass is 10.3. The van der Waals surface area contributed by atoms with Crippen LogP contribution >= 0.6 is 12.2 Å². The van der Waals surface area contributed by atoms with Gasteiger partial charge >= 0.3 is 0 Å². The summed E-state index contributed by atoms with van der Waals surface area (Å²) in [5.41, 5.74) is 2.92. The standard InChI is InChI=1S/C14H18N4OS/c1-10-4-6-15-13-12(10)16-14(20)18(13)9-5-11(19)17-7-2-3-8-17/h4,6H,2-3,5,7-9H2,1H3,(H,16,20). The first-order chi connectivity index (χ1) is 9.66. The van der Waals surface area contributed by atoms with Gasteiger partial charge in [-0.3, -0.25) is 4.79 Å². The number of carbonyl (C=O) groups excluding carboxylic acids is 1. The van der Waals surface area contributed by atoms with Crippen molar-refractivity contribution in [2.75, 3.05) is 13.1 Å². The molecule has 2 aromatic heterocycles. The molecule has 1 N–H and O–H groups in total. The Kier molecular flexibility index (Phi) is 3.56. The number of rotatable bonds is 3. The van der Waals surface area contributed by atoms with Crippen molar-refractivity contribution < 1.29 is 4.79 Å². The molecule has 0 aromatic carbocycles. The van der Waals surface area contributed by atoms with E-state index in [2.05, 4.69) is 9.97 Å². The van der Waals surface area contributed by atoms with Crippen LogP contribution in [0.3, 0.4) is 0 Å². The maximum atomic E-state index is 12.1. The highest BCUT2D eigenvalue weighted by atomic mass is 32.1. The second-order valence-electron chi connectivity index (χ2n) is 5.25. The molecule has 6 heteroatoms. The summed E-state index contributed by atoms with van der Waals surface area (Å²) in [6.45, 7) is 4.41. The van der Waals surface area contributed by atoms with Crippen LogP contribution in [-0.4, -0.2) is 38.4 Å². The molecule has 1 saturated heterocycles. The lowest BCUT2D eigenvalue weighted by Gasteiger charge is -2.15. The van der Waals surface area contributed by atoms with E-state index < -0.39 is 0 Å². The van der Waals surface area contributed by atoms with Gasteiger partial charge in [0, 0.05) is 32.3 Å². The van der Waals surface area contributed by atoms with E-state index in [1.165, 1.54) is 0 Å². The molecular formula is C14H18N4OS. The third-order valence-corrected chi connectivity index (χ3v) is 4.20. The summed E-state index contributed by atoms with van der Waals surface area (Å²) in [6.07, 6.45) is 4.51. The van der Waals surface area contributed by atoms with Crippen LogP contribution in [0.5, 0.6) is 0 Å². The van der Waals surface area contributed by atoms with Gasteiger partial charge < -0.3 is 14.5 Å². The summed E-state index contributed by atoms with van der Waals surface area (Å²) in [7, 11) is 0. The molecule has 5 nitrogen and oxygen atoms in total.